The summed E-state index contributed by atoms with van der Waals surface area (Å²) in [5.74, 6) is 2.66. The van der Waals surface area contributed by atoms with Crippen LogP contribution in [0.2, 0.25) is 5.15 Å². The lowest BCUT2D eigenvalue weighted by molar-refractivity contribution is 0.0694. The zero-order valence-corrected chi connectivity index (χ0v) is 8.51. The van der Waals surface area contributed by atoms with Gasteiger partial charge in [0.15, 0.2) is 5.82 Å². The summed E-state index contributed by atoms with van der Waals surface area (Å²) >= 11 is 7.61. The molecule has 0 aliphatic carbocycles. The van der Waals surface area contributed by atoms with Gasteiger partial charge in [-0.05, 0) is 6.07 Å². The predicted octanol–water partition coefficient (Wildman–Crippen LogP) is 1.93. The van der Waals surface area contributed by atoms with E-state index in [9.17, 15) is 0 Å². The molecule has 1 aromatic rings. The van der Waals surface area contributed by atoms with E-state index in [0.29, 0.717) is 11.0 Å². The fourth-order valence-corrected chi connectivity index (χ4v) is 2.13. The highest BCUT2D eigenvalue weighted by Gasteiger charge is 2.18. The van der Waals surface area contributed by atoms with Crippen molar-refractivity contribution in [3.05, 3.63) is 23.2 Å². The van der Waals surface area contributed by atoms with E-state index in [1.165, 1.54) is 0 Å². The third-order valence-corrected chi connectivity index (χ3v) is 2.95. The van der Waals surface area contributed by atoms with Crippen LogP contribution >= 0.6 is 23.4 Å². The first kappa shape index (κ1) is 9.24. The summed E-state index contributed by atoms with van der Waals surface area (Å²) in [5, 5.41) is 0.476. The van der Waals surface area contributed by atoms with E-state index < -0.39 is 0 Å². The van der Waals surface area contributed by atoms with Crippen molar-refractivity contribution in [1.29, 1.82) is 0 Å². The molecule has 0 spiro atoms. The van der Waals surface area contributed by atoms with Gasteiger partial charge in [0.2, 0.25) is 0 Å². The summed E-state index contributed by atoms with van der Waals surface area (Å²) in [5.41, 5.74) is 0. The molecule has 5 heteroatoms. The van der Waals surface area contributed by atoms with E-state index in [0.717, 1.165) is 18.1 Å². The molecule has 0 amide bonds. The monoisotopic (exact) mass is 216 g/mol. The first-order valence-electron chi connectivity index (χ1n) is 4.04. The van der Waals surface area contributed by atoms with Gasteiger partial charge in [0, 0.05) is 17.7 Å². The zero-order valence-electron chi connectivity index (χ0n) is 6.94. The molecule has 1 aliphatic rings. The van der Waals surface area contributed by atoms with Crippen LogP contribution in [-0.4, -0.2) is 28.1 Å². The third kappa shape index (κ3) is 2.33. The highest BCUT2D eigenvalue weighted by atomic mass is 35.5. The van der Waals surface area contributed by atoms with Crippen molar-refractivity contribution in [1.82, 2.24) is 9.97 Å². The Labute approximate surface area is 85.9 Å². The van der Waals surface area contributed by atoms with E-state index in [-0.39, 0.29) is 6.10 Å². The van der Waals surface area contributed by atoms with E-state index in [1.807, 2.05) is 11.8 Å². The van der Waals surface area contributed by atoms with Gasteiger partial charge in [-0.3, -0.25) is 0 Å². The molecule has 2 rings (SSSR count). The van der Waals surface area contributed by atoms with Crippen LogP contribution in [0.15, 0.2) is 12.3 Å². The standard InChI is InChI=1S/C8H9ClN2OS/c9-7-1-2-10-8(11-7)6-5-13-4-3-12-6/h1-2,6H,3-5H2. The summed E-state index contributed by atoms with van der Waals surface area (Å²) in [6.07, 6.45) is 1.67. The second kappa shape index (κ2) is 4.26. The van der Waals surface area contributed by atoms with Gasteiger partial charge in [0.05, 0.1) is 6.61 Å². The summed E-state index contributed by atoms with van der Waals surface area (Å²) in [6.45, 7) is 0.769. The molecule has 0 saturated carbocycles. The van der Waals surface area contributed by atoms with Crippen LogP contribution in [0.5, 0.6) is 0 Å². The Morgan fingerprint density at radius 1 is 1.62 bits per heavy atom. The number of rotatable bonds is 1. The molecule has 0 bridgehead atoms. The molecule has 3 nitrogen and oxygen atoms in total. The van der Waals surface area contributed by atoms with Crippen LogP contribution in [0.1, 0.15) is 11.9 Å². The van der Waals surface area contributed by atoms with Gasteiger partial charge in [-0.2, -0.15) is 11.8 Å². The summed E-state index contributed by atoms with van der Waals surface area (Å²) in [4.78, 5) is 8.24. The predicted molar refractivity (Wildman–Crippen MR) is 53.1 cm³/mol. The average molecular weight is 217 g/mol. The number of nitrogens with zero attached hydrogens (tertiary/aromatic N) is 2. The number of aromatic nitrogens is 2. The second-order valence-electron chi connectivity index (χ2n) is 2.67. The maximum atomic E-state index is 5.75. The lowest BCUT2D eigenvalue weighted by Gasteiger charge is -2.20. The van der Waals surface area contributed by atoms with Crippen molar-refractivity contribution in [2.24, 2.45) is 0 Å². The number of thioether (sulfide) groups is 1. The molecule has 1 aromatic heterocycles. The van der Waals surface area contributed by atoms with Crippen molar-refractivity contribution in [2.45, 2.75) is 6.10 Å². The fraction of sp³-hybridized carbons (Fsp3) is 0.500. The SMILES string of the molecule is Clc1ccnc(C2CSCCO2)n1. The zero-order chi connectivity index (χ0) is 9.10. The smallest absolute Gasteiger partial charge is 0.159 e. The number of hydrogen-bond donors (Lipinski definition) is 0. The van der Waals surface area contributed by atoms with Crippen LogP contribution in [0.4, 0.5) is 0 Å². The Balaban J connectivity index is 2.14. The third-order valence-electron chi connectivity index (χ3n) is 1.74. The van der Waals surface area contributed by atoms with Gasteiger partial charge >= 0.3 is 0 Å². The van der Waals surface area contributed by atoms with Crippen LogP contribution < -0.4 is 0 Å². The van der Waals surface area contributed by atoms with E-state index >= 15 is 0 Å². The second-order valence-corrected chi connectivity index (χ2v) is 4.21. The Morgan fingerprint density at radius 2 is 2.54 bits per heavy atom. The summed E-state index contributed by atoms with van der Waals surface area (Å²) < 4.78 is 5.51. The van der Waals surface area contributed by atoms with Crippen molar-refractivity contribution >= 4 is 23.4 Å². The molecular weight excluding hydrogens is 208 g/mol. The Morgan fingerprint density at radius 3 is 3.23 bits per heavy atom. The maximum absolute atomic E-state index is 5.75. The van der Waals surface area contributed by atoms with Crippen molar-refractivity contribution in [3.8, 4) is 0 Å². The Bertz CT molecular complexity index is 291. The molecule has 1 fully saturated rings. The van der Waals surface area contributed by atoms with Crippen LogP contribution in [0.25, 0.3) is 0 Å². The molecular formula is C8H9ClN2OS. The molecule has 2 heterocycles. The van der Waals surface area contributed by atoms with E-state index in [4.69, 9.17) is 16.3 Å². The highest BCUT2D eigenvalue weighted by molar-refractivity contribution is 7.99. The highest BCUT2D eigenvalue weighted by Crippen LogP contribution is 2.24. The summed E-state index contributed by atoms with van der Waals surface area (Å²) in [6, 6.07) is 1.67. The maximum Gasteiger partial charge on any atom is 0.159 e. The molecule has 0 aromatic carbocycles. The molecule has 13 heavy (non-hydrogen) atoms. The lowest BCUT2D eigenvalue weighted by atomic mass is 10.3. The Kier molecular flexibility index (Phi) is 3.03. The van der Waals surface area contributed by atoms with Gasteiger partial charge in [-0.15, -0.1) is 0 Å². The lowest BCUT2D eigenvalue weighted by Crippen LogP contribution is -2.17. The fourth-order valence-electron chi connectivity index (χ4n) is 1.14. The molecule has 0 radical (unpaired) electrons. The largest absolute Gasteiger partial charge is 0.368 e. The number of hydrogen-bond acceptors (Lipinski definition) is 4. The number of ether oxygens (including phenoxy) is 1. The minimum Gasteiger partial charge on any atom is -0.368 e. The average Bonchev–Trinajstić information content (AvgIpc) is 2.19. The normalized spacial score (nSPS) is 23.0. The van der Waals surface area contributed by atoms with Crippen molar-refractivity contribution in [3.63, 3.8) is 0 Å². The quantitative estimate of drug-likeness (QED) is 0.672. The minimum absolute atomic E-state index is 0.0115. The summed E-state index contributed by atoms with van der Waals surface area (Å²) in [7, 11) is 0. The van der Waals surface area contributed by atoms with Gasteiger partial charge < -0.3 is 4.74 Å². The van der Waals surface area contributed by atoms with Gasteiger partial charge in [-0.1, -0.05) is 11.6 Å². The van der Waals surface area contributed by atoms with Gasteiger partial charge in [0.25, 0.3) is 0 Å². The first-order valence-corrected chi connectivity index (χ1v) is 5.57. The van der Waals surface area contributed by atoms with Crippen LogP contribution in [-0.2, 0) is 4.74 Å². The van der Waals surface area contributed by atoms with E-state index in [2.05, 4.69) is 9.97 Å². The molecule has 1 aliphatic heterocycles. The van der Waals surface area contributed by atoms with Crippen molar-refractivity contribution < 1.29 is 4.74 Å². The number of halogens is 1. The Hall–Kier alpha value is -0.320. The van der Waals surface area contributed by atoms with Gasteiger partial charge in [0.1, 0.15) is 11.3 Å². The van der Waals surface area contributed by atoms with Crippen molar-refractivity contribution in [2.75, 3.05) is 18.1 Å². The molecule has 1 atom stereocenters. The minimum atomic E-state index is 0.0115. The molecule has 1 unspecified atom stereocenters. The topological polar surface area (TPSA) is 35.0 Å². The first-order chi connectivity index (χ1) is 6.36. The van der Waals surface area contributed by atoms with Crippen LogP contribution in [0, 0.1) is 0 Å². The van der Waals surface area contributed by atoms with Gasteiger partial charge in [-0.25, -0.2) is 9.97 Å². The molecule has 70 valence electrons. The molecule has 1 saturated heterocycles. The van der Waals surface area contributed by atoms with Crippen LogP contribution in [0.3, 0.4) is 0 Å². The van der Waals surface area contributed by atoms with E-state index in [1.54, 1.807) is 12.3 Å². The molecule has 0 N–H and O–H groups in total.